The average molecular weight is 423 g/mol. The van der Waals surface area contributed by atoms with Gasteiger partial charge in [-0.05, 0) is 37.4 Å². The molecule has 0 radical (unpaired) electrons. The molecule has 29 heavy (non-hydrogen) atoms. The Morgan fingerprint density at radius 2 is 1.59 bits per heavy atom. The number of hydrogen-bond acceptors (Lipinski definition) is 5. The minimum atomic E-state index is -3.16. The van der Waals surface area contributed by atoms with Crippen LogP contribution in [0.1, 0.15) is 24.0 Å². The number of nitrogens with zero attached hydrogens (tertiary/aromatic N) is 4. The normalized spacial score (nSPS) is 21.0. The van der Waals surface area contributed by atoms with Gasteiger partial charge in [0.15, 0.2) is 0 Å². The summed E-state index contributed by atoms with van der Waals surface area (Å²) in [4.78, 5) is 19.4. The van der Waals surface area contributed by atoms with Crippen LogP contribution in [0.5, 0.6) is 0 Å². The highest BCUT2D eigenvalue weighted by Crippen LogP contribution is 2.13. The van der Waals surface area contributed by atoms with Gasteiger partial charge in [-0.3, -0.25) is 14.6 Å². The first-order valence-electron chi connectivity index (χ1n) is 10.5. The maximum absolute atomic E-state index is 12.9. The second-order valence-electron chi connectivity index (χ2n) is 8.23. The van der Waals surface area contributed by atoms with Crippen LogP contribution in [0.15, 0.2) is 24.3 Å². The fourth-order valence-electron chi connectivity index (χ4n) is 4.14. The number of hydrogen-bond donors (Lipinski definition) is 0. The molecule has 2 saturated heterocycles. The maximum atomic E-state index is 12.9. The zero-order chi connectivity index (χ0) is 20.9. The molecule has 0 N–H and O–H groups in total. The second-order valence-corrected chi connectivity index (χ2v) is 10.2. The van der Waals surface area contributed by atoms with Gasteiger partial charge in [0.05, 0.1) is 12.8 Å². The highest BCUT2D eigenvalue weighted by molar-refractivity contribution is 7.88. The summed E-state index contributed by atoms with van der Waals surface area (Å²) in [5, 5.41) is 0. The molecule has 0 aromatic heterocycles. The van der Waals surface area contributed by atoms with Crippen molar-refractivity contribution in [2.24, 2.45) is 0 Å². The van der Waals surface area contributed by atoms with Gasteiger partial charge in [0, 0.05) is 52.4 Å². The summed E-state index contributed by atoms with van der Waals surface area (Å²) in [5.74, 6) is 0.163. The molecule has 0 unspecified atom stereocenters. The van der Waals surface area contributed by atoms with Crippen LogP contribution in [0.2, 0.25) is 0 Å². The highest BCUT2D eigenvalue weighted by Gasteiger charge is 2.25. The van der Waals surface area contributed by atoms with E-state index in [0.29, 0.717) is 26.2 Å². The van der Waals surface area contributed by atoms with E-state index in [1.807, 2.05) is 4.90 Å². The van der Waals surface area contributed by atoms with Gasteiger partial charge in [0.1, 0.15) is 0 Å². The summed E-state index contributed by atoms with van der Waals surface area (Å²) in [6.45, 7) is 9.31. The van der Waals surface area contributed by atoms with Gasteiger partial charge >= 0.3 is 0 Å². The average Bonchev–Trinajstić information content (AvgIpc) is 3.04. The lowest BCUT2D eigenvalue weighted by molar-refractivity contribution is -0.132. The summed E-state index contributed by atoms with van der Waals surface area (Å²) in [7, 11) is -3.16. The number of aryl methyl sites for hydroxylation is 1. The van der Waals surface area contributed by atoms with Crippen LogP contribution in [0.3, 0.4) is 0 Å². The number of sulfonamides is 1. The fourth-order valence-corrected chi connectivity index (χ4v) is 5.01. The predicted molar refractivity (Wildman–Crippen MR) is 115 cm³/mol. The number of carbonyl (C=O) groups is 1. The van der Waals surface area contributed by atoms with Crippen molar-refractivity contribution in [2.45, 2.75) is 26.3 Å². The van der Waals surface area contributed by atoms with Crippen molar-refractivity contribution in [3.63, 3.8) is 0 Å². The van der Waals surface area contributed by atoms with Crippen molar-refractivity contribution in [2.75, 3.05) is 65.2 Å². The van der Waals surface area contributed by atoms with Crippen LogP contribution < -0.4 is 0 Å². The van der Waals surface area contributed by atoms with Crippen LogP contribution in [-0.2, 0) is 21.4 Å². The summed E-state index contributed by atoms with van der Waals surface area (Å²) < 4.78 is 25.0. The monoisotopic (exact) mass is 422 g/mol. The van der Waals surface area contributed by atoms with E-state index in [1.165, 1.54) is 21.7 Å². The van der Waals surface area contributed by atoms with Gasteiger partial charge in [0.2, 0.25) is 15.9 Å². The van der Waals surface area contributed by atoms with Crippen LogP contribution in [0.25, 0.3) is 0 Å². The second kappa shape index (κ2) is 10.0. The molecule has 0 saturated carbocycles. The van der Waals surface area contributed by atoms with Gasteiger partial charge in [-0.1, -0.05) is 24.3 Å². The van der Waals surface area contributed by atoms with E-state index in [2.05, 4.69) is 41.0 Å². The summed E-state index contributed by atoms with van der Waals surface area (Å²) >= 11 is 0. The van der Waals surface area contributed by atoms with Crippen molar-refractivity contribution < 1.29 is 13.2 Å². The Hall–Kier alpha value is -1.48. The smallest absolute Gasteiger partial charge is 0.236 e. The van der Waals surface area contributed by atoms with Crippen molar-refractivity contribution in [1.29, 1.82) is 0 Å². The zero-order valence-electron chi connectivity index (χ0n) is 17.7. The molecular formula is C21H34N4O3S. The zero-order valence-corrected chi connectivity index (χ0v) is 18.5. The van der Waals surface area contributed by atoms with Crippen LogP contribution >= 0.6 is 0 Å². The van der Waals surface area contributed by atoms with Gasteiger partial charge < -0.3 is 4.90 Å². The van der Waals surface area contributed by atoms with Gasteiger partial charge in [0.25, 0.3) is 0 Å². The highest BCUT2D eigenvalue weighted by atomic mass is 32.2. The van der Waals surface area contributed by atoms with Crippen LogP contribution in [-0.4, -0.2) is 98.5 Å². The Morgan fingerprint density at radius 1 is 0.897 bits per heavy atom. The molecule has 7 nitrogen and oxygen atoms in total. The molecule has 0 atom stereocenters. The first-order chi connectivity index (χ1) is 13.8. The number of carbonyl (C=O) groups excluding carboxylic acids is 1. The molecule has 1 amide bonds. The van der Waals surface area contributed by atoms with E-state index >= 15 is 0 Å². The van der Waals surface area contributed by atoms with Gasteiger partial charge in [-0.2, -0.15) is 0 Å². The van der Waals surface area contributed by atoms with E-state index < -0.39 is 10.0 Å². The lowest BCUT2D eigenvalue weighted by atomic mass is 10.1. The Balaban J connectivity index is 1.49. The third kappa shape index (κ3) is 6.50. The minimum absolute atomic E-state index is 0.163. The first kappa shape index (κ1) is 22.2. The largest absolute Gasteiger partial charge is 0.340 e. The quantitative estimate of drug-likeness (QED) is 0.708. The fraction of sp³-hybridized carbons (Fsp3) is 0.667. The van der Waals surface area contributed by atoms with Crippen LogP contribution in [0.4, 0.5) is 0 Å². The Bertz CT molecular complexity index is 799. The number of benzene rings is 1. The molecule has 3 rings (SSSR count). The third-order valence-corrected chi connectivity index (χ3v) is 7.27. The molecule has 0 aliphatic carbocycles. The topological polar surface area (TPSA) is 64.2 Å². The molecule has 0 spiro atoms. The Labute approximate surface area is 175 Å². The van der Waals surface area contributed by atoms with Crippen molar-refractivity contribution in [3.8, 4) is 0 Å². The lowest BCUT2D eigenvalue weighted by Crippen LogP contribution is -2.43. The van der Waals surface area contributed by atoms with E-state index in [0.717, 1.165) is 52.1 Å². The summed E-state index contributed by atoms with van der Waals surface area (Å²) in [6, 6.07) is 8.49. The third-order valence-electron chi connectivity index (χ3n) is 5.97. The van der Waals surface area contributed by atoms with Crippen molar-refractivity contribution in [1.82, 2.24) is 19.0 Å². The molecule has 2 heterocycles. The molecule has 2 fully saturated rings. The molecule has 8 heteroatoms. The molecule has 2 aliphatic heterocycles. The van der Waals surface area contributed by atoms with Gasteiger partial charge in [-0.25, -0.2) is 12.7 Å². The first-order valence-corrected chi connectivity index (χ1v) is 12.4. The van der Waals surface area contributed by atoms with E-state index in [1.54, 1.807) is 0 Å². The Kier molecular flexibility index (Phi) is 7.67. The summed E-state index contributed by atoms with van der Waals surface area (Å²) in [6.07, 6.45) is 3.01. The minimum Gasteiger partial charge on any atom is -0.340 e. The lowest BCUT2D eigenvalue weighted by Gasteiger charge is -2.26. The standard InChI is InChI=1S/C21H34N4O3S/c1-19-7-3-4-8-20(19)17-22-9-5-11-24(15-13-22)21(26)18-23-10-6-12-25(16-14-23)29(2,27)28/h3-4,7-8H,5-6,9-18H2,1-2H3. The van der Waals surface area contributed by atoms with E-state index in [-0.39, 0.29) is 5.91 Å². The number of rotatable bonds is 5. The predicted octanol–water partition coefficient (Wildman–Crippen LogP) is 0.997. The molecule has 2 aliphatic rings. The van der Waals surface area contributed by atoms with E-state index in [9.17, 15) is 13.2 Å². The maximum Gasteiger partial charge on any atom is 0.236 e. The van der Waals surface area contributed by atoms with Crippen LogP contribution in [0, 0.1) is 6.92 Å². The molecular weight excluding hydrogens is 388 g/mol. The molecule has 1 aromatic rings. The summed E-state index contributed by atoms with van der Waals surface area (Å²) in [5.41, 5.74) is 2.67. The van der Waals surface area contributed by atoms with Crippen molar-refractivity contribution in [3.05, 3.63) is 35.4 Å². The van der Waals surface area contributed by atoms with E-state index in [4.69, 9.17) is 0 Å². The van der Waals surface area contributed by atoms with Gasteiger partial charge in [-0.15, -0.1) is 0 Å². The Morgan fingerprint density at radius 3 is 2.34 bits per heavy atom. The molecule has 1 aromatic carbocycles. The SMILES string of the molecule is Cc1ccccc1CN1CCCN(C(=O)CN2CCCN(S(C)(=O)=O)CC2)CC1. The number of amides is 1. The van der Waals surface area contributed by atoms with Crippen molar-refractivity contribution >= 4 is 15.9 Å². The molecule has 162 valence electrons. The molecule has 0 bridgehead atoms.